The molecule has 4 nitrogen and oxygen atoms in total. The molecular weight excluding hydrogens is 270 g/mol. The maximum atomic E-state index is 12.3. The molecule has 1 aromatic rings. The molecule has 1 aliphatic heterocycles. The Morgan fingerprint density at radius 2 is 2.30 bits per heavy atom. The van der Waals surface area contributed by atoms with Gasteiger partial charge in [-0.15, -0.1) is 0 Å². The quantitative estimate of drug-likeness (QED) is 0.846. The third kappa shape index (κ3) is 4.03. The Kier molecular flexibility index (Phi) is 5.98. The normalized spacial score (nSPS) is 17.9. The van der Waals surface area contributed by atoms with E-state index in [1.807, 2.05) is 30.1 Å². The van der Waals surface area contributed by atoms with Crippen LogP contribution in [0.25, 0.3) is 0 Å². The fraction of sp³-hybridized carbons (Fsp3) is 0.667. The Balaban J connectivity index is 1.91. The van der Waals surface area contributed by atoms with Gasteiger partial charge in [0, 0.05) is 24.0 Å². The predicted octanol–water partition coefficient (Wildman–Crippen LogP) is 2.28. The van der Waals surface area contributed by atoms with Crippen molar-refractivity contribution in [2.45, 2.75) is 37.5 Å². The van der Waals surface area contributed by atoms with Crippen LogP contribution in [0.15, 0.2) is 18.3 Å². The van der Waals surface area contributed by atoms with Gasteiger partial charge in [0.15, 0.2) is 0 Å². The molecule has 2 N–H and O–H groups in total. The van der Waals surface area contributed by atoms with Crippen LogP contribution in [0.4, 0.5) is 0 Å². The van der Waals surface area contributed by atoms with Crippen molar-refractivity contribution in [2.75, 3.05) is 25.9 Å². The van der Waals surface area contributed by atoms with Crippen molar-refractivity contribution in [3.8, 4) is 0 Å². The van der Waals surface area contributed by atoms with Crippen molar-refractivity contribution in [1.29, 1.82) is 0 Å². The minimum atomic E-state index is 0.0573. The lowest BCUT2D eigenvalue weighted by Gasteiger charge is -2.26. The number of aromatic nitrogens is 1. The van der Waals surface area contributed by atoms with Gasteiger partial charge in [-0.05, 0) is 50.7 Å². The Morgan fingerprint density at radius 3 is 3.00 bits per heavy atom. The molecule has 0 aromatic carbocycles. The smallest absolute Gasteiger partial charge is 0.267 e. The molecule has 0 radical (unpaired) electrons. The molecule has 1 saturated heterocycles. The molecule has 0 spiro atoms. The van der Waals surface area contributed by atoms with Crippen LogP contribution in [0.5, 0.6) is 0 Å². The molecule has 1 amide bonds. The number of amides is 1. The molecule has 112 valence electrons. The number of piperidine rings is 1. The van der Waals surface area contributed by atoms with Gasteiger partial charge >= 0.3 is 0 Å². The highest BCUT2D eigenvalue weighted by Gasteiger charge is 2.19. The molecule has 1 atom stereocenters. The van der Waals surface area contributed by atoms with Gasteiger partial charge in [-0.3, -0.25) is 4.79 Å². The van der Waals surface area contributed by atoms with Crippen LogP contribution in [0.3, 0.4) is 0 Å². The van der Waals surface area contributed by atoms with Crippen molar-refractivity contribution < 1.29 is 4.79 Å². The van der Waals surface area contributed by atoms with Gasteiger partial charge in [-0.2, -0.15) is 11.8 Å². The van der Waals surface area contributed by atoms with Crippen molar-refractivity contribution in [1.82, 2.24) is 15.2 Å². The summed E-state index contributed by atoms with van der Waals surface area (Å²) in [5, 5.41) is 6.99. The van der Waals surface area contributed by atoms with Crippen LogP contribution in [-0.2, 0) is 0 Å². The van der Waals surface area contributed by atoms with E-state index in [1.165, 1.54) is 0 Å². The number of carbonyl (C=O) groups excluding carboxylic acids is 1. The van der Waals surface area contributed by atoms with Gasteiger partial charge in [-0.25, -0.2) is 0 Å². The Labute approximate surface area is 125 Å². The minimum Gasteiger partial charge on any atom is -0.351 e. The predicted molar refractivity (Wildman–Crippen MR) is 85.5 cm³/mol. The lowest BCUT2D eigenvalue weighted by Crippen LogP contribution is -2.33. The first-order chi connectivity index (χ1) is 9.72. The summed E-state index contributed by atoms with van der Waals surface area (Å²) in [4.78, 5) is 12.3. The molecule has 1 unspecified atom stereocenters. The molecule has 0 saturated carbocycles. The molecule has 0 bridgehead atoms. The first-order valence-electron chi connectivity index (χ1n) is 7.41. The van der Waals surface area contributed by atoms with E-state index in [9.17, 15) is 4.79 Å². The maximum absolute atomic E-state index is 12.3. The second-order valence-corrected chi connectivity index (χ2v) is 6.65. The van der Waals surface area contributed by atoms with Gasteiger partial charge in [0.1, 0.15) is 5.69 Å². The molecule has 20 heavy (non-hydrogen) atoms. The number of hydrogen-bond acceptors (Lipinski definition) is 3. The number of nitrogens with one attached hydrogen (secondary N) is 2. The van der Waals surface area contributed by atoms with Crippen LogP contribution in [-0.4, -0.2) is 41.6 Å². The third-order valence-electron chi connectivity index (χ3n) is 3.95. The summed E-state index contributed by atoms with van der Waals surface area (Å²) in [6.45, 7) is 5.01. The van der Waals surface area contributed by atoms with E-state index < -0.39 is 0 Å². The standard InChI is InChI=1S/C15H25N3OS/c1-12(20-2)5-10-17-15(19)14-4-3-11-18(14)13-6-8-16-9-7-13/h3-4,11-13,16H,5-10H2,1-2H3,(H,17,19). The highest BCUT2D eigenvalue weighted by atomic mass is 32.2. The number of carbonyl (C=O) groups is 1. The zero-order chi connectivity index (χ0) is 14.4. The summed E-state index contributed by atoms with van der Waals surface area (Å²) < 4.78 is 2.15. The van der Waals surface area contributed by atoms with E-state index in [2.05, 4.69) is 28.4 Å². The van der Waals surface area contributed by atoms with Crippen LogP contribution in [0.2, 0.25) is 0 Å². The summed E-state index contributed by atoms with van der Waals surface area (Å²) in [6.07, 6.45) is 7.35. The van der Waals surface area contributed by atoms with Gasteiger partial charge in [0.2, 0.25) is 0 Å². The maximum Gasteiger partial charge on any atom is 0.267 e. The summed E-state index contributed by atoms with van der Waals surface area (Å²) in [6, 6.07) is 4.36. The largest absolute Gasteiger partial charge is 0.351 e. The summed E-state index contributed by atoms with van der Waals surface area (Å²) in [7, 11) is 0. The first kappa shape index (κ1) is 15.4. The Bertz CT molecular complexity index is 427. The number of thioether (sulfide) groups is 1. The molecular formula is C15H25N3OS. The summed E-state index contributed by atoms with van der Waals surface area (Å²) in [5.41, 5.74) is 0.800. The molecule has 1 aliphatic rings. The van der Waals surface area contributed by atoms with Crippen molar-refractivity contribution >= 4 is 17.7 Å². The van der Waals surface area contributed by atoms with Gasteiger partial charge in [0.25, 0.3) is 5.91 Å². The molecule has 5 heteroatoms. The minimum absolute atomic E-state index is 0.0573. The van der Waals surface area contributed by atoms with E-state index in [4.69, 9.17) is 0 Å². The molecule has 2 rings (SSSR count). The second kappa shape index (κ2) is 7.74. The van der Waals surface area contributed by atoms with Crippen LogP contribution >= 0.6 is 11.8 Å². The molecule has 0 aliphatic carbocycles. The monoisotopic (exact) mass is 295 g/mol. The zero-order valence-corrected chi connectivity index (χ0v) is 13.2. The molecule has 2 heterocycles. The van der Waals surface area contributed by atoms with Crippen molar-refractivity contribution in [3.63, 3.8) is 0 Å². The summed E-state index contributed by atoms with van der Waals surface area (Å²) >= 11 is 1.84. The lowest BCUT2D eigenvalue weighted by molar-refractivity contribution is 0.0940. The van der Waals surface area contributed by atoms with Crippen LogP contribution in [0, 0.1) is 0 Å². The van der Waals surface area contributed by atoms with E-state index in [0.717, 1.165) is 44.6 Å². The first-order valence-corrected chi connectivity index (χ1v) is 8.69. The topological polar surface area (TPSA) is 46.1 Å². The van der Waals surface area contributed by atoms with E-state index in [1.54, 1.807) is 0 Å². The Morgan fingerprint density at radius 1 is 1.55 bits per heavy atom. The third-order valence-corrected chi connectivity index (χ3v) is 4.99. The average molecular weight is 295 g/mol. The SMILES string of the molecule is CSC(C)CCNC(=O)c1cccn1C1CCNCC1. The molecule has 1 aromatic heterocycles. The highest BCUT2D eigenvalue weighted by molar-refractivity contribution is 7.99. The van der Waals surface area contributed by atoms with Crippen molar-refractivity contribution in [3.05, 3.63) is 24.0 Å². The number of hydrogen-bond donors (Lipinski definition) is 2. The zero-order valence-electron chi connectivity index (χ0n) is 12.4. The molecule has 1 fully saturated rings. The summed E-state index contributed by atoms with van der Waals surface area (Å²) in [5.74, 6) is 0.0573. The van der Waals surface area contributed by atoms with Crippen molar-refractivity contribution in [2.24, 2.45) is 0 Å². The Hall–Kier alpha value is -0.940. The van der Waals surface area contributed by atoms with Gasteiger partial charge in [0.05, 0.1) is 0 Å². The fourth-order valence-corrected chi connectivity index (χ4v) is 2.94. The van der Waals surface area contributed by atoms with Gasteiger partial charge < -0.3 is 15.2 Å². The lowest BCUT2D eigenvalue weighted by atomic mass is 10.1. The van der Waals surface area contributed by atoms with E-state index in [0.29, 0.717) is 11.3 Å². The number of nitrogens with zero attached hydrogens (tertiary/aromatic N) is 1. The van der Waals surface area contributed by atoms with Gasteiger partial charge in [-0.1, -0.05) is 6.92 Å². The van der Waals surface area contributed by atoms with Crippen LogP contribution in [0.1, 0.15) is 42.7 Å². The second-order valence-electron chi connectivity index (χ2n) is 5.37. The van der Waals surface area contributed by atoms with Crippen LogP contribution < -0.4 is 10.6 Å². The average Bonchev–Trinajstić information content (AvgIpc) is 2.97. The van der Waals surface area contributed by atoms with E-state index >= 15 is 0 Å². The van der Waals surface area contributed by atoms with E-state index in [-0.39, 0.29) is 5.91 Å². The number of rotatable bonds is 6. The fourth-order valence-electron chi connectivity index (χ4n) is 2.59. The highest BCUT2D eigenvalue weighted by Crippen LogP contribution is 2.21.